The molecule has 0 heterocycles. The highest BCUT2D eigenvalue weighted by Gasteiger charge is 2.14. The molecule has 4 aromatic rings. The molecule has 0 radical (unpaired) electrons. The SMILES string of the molecule is CC(=NCc1ccccc1)c1c(-c2ccccc2)cccc1-c1ccccc1. The molecule has 0 aliphatic carbocycles. The van der Waals surface area contributed by atoms with E-state index in [9.17, 15) is 0 Å². The molecule has 4 rings (SSSR count). The Balaban J connectivity index is 1.85. The van der Waals surface area contributed by atoms with Crippen LogP contribution in [0, 0.1) is 0 Å². The van der Waals surface area contributed by atoms with Gasteiger partial charge in [0.15, 0.2) is 0 Å². The van der Waals surface area contributed by atoms with Gasteiger partial charge < -0.3 is 0 Å². The Morgan fingerprint density at radius 1 is 0.571 bits per heavy atom. The zero-order valence-corrected chi connectivity index (χ0v) is 16.0. The van der Waals surface area contributed by atoms with Crippen LogP contribution in [0.3, 0.4) is 0 Å². The molecule has 1 heteroatoms. The molecule has 28 heavy (non-hydrogen) atoms. The van der Waals surface area contributed by atoms with Gasteiger partial charge in [-0.3, -0.25) is 4.99 Å². The van der Waals surface area contributed by atoms with E-state index in [0.717, 1.165) is 5.71 Å². The number of hydrogen-bond acceptors (Lipinski definition) is 1. The van der Waals surface area contributed by atoms with Gasteiger partial charge in [-0.15, -0.1) is 0 Å². The molecular weight excluding hydrogens is 338 g/mol. The molecule has 0 aromatic heterocycles. The summed E-state index contributed by atoms with van der Waals surface area (Å²) in [7, 11) is 0. The minimum absolute atomic E-state index is 0.685. The number of hydrogen-bond donors (Lipinski definition) is 0. The maximum atomic E-state index is 4.95. The highest BCUT2D eigenvalue weighted by atomic mass is 14.7. The van der Waals surface area contributed by atoms with Crippen LogP contribution >= 0.6 is 0 Å². The van der Waals surface area contributed by atoms with Gasteiger partial charge in [-0.2, -0.15) is 0 Å². The zero-order chi connectivity index (χ0) is 19.2. The summed E-state index contributed by atoms with van der Waals surface area (Å²) in [5.41, 5.74) is 8.35. The Morgan fingerprint density at radius 2 is 1.04 bits per heavy atom. The van der Waals surface area contributed by atoms with Crippen LogP contribution in [-0.4, -0.2) is 5.71 Å². The lowest BCUT2D eigenvalue weighted by Gasteiger charge is -2.16. The van der Waals surface area contributed by atoms with Crippen LogP contribution in [0.5, 0.6) is 0 Å². The summed E-state index contributed by atoms with van der Waals surface area (Å²) >= 11 is 0. The van der Waals surface area contributed by atoms with Gasteiger partial charge in [-0.1, -0.05) is 109 Å². The van der Waals surface area contributed by atoms with Crippen molar-refractivity contribution in [1.82, 2.24) is 0 Å². The van der Waals surface area contributed by atoms with Crippen molar-refractivity contribution >= 4 is 5.71 Å². The molecular formula is C27H23N. The molecule has 1 nitrogen and oxygen atoms in total. The van der Waals surface area contributed by atoms with Crippen molar-refractivity contribution in [3.8, 4) is 22.3 Å². The van der Waals surface area contributed by atoms with Gasteiger partial charge in [0, 0.05) is 11.3 Å². The number of rotatable bonds is 5. The smallest absolute Gasteiger partial charge is 0.0643 e. The molecule has 0 amide bonds. The fourth-order valence-electron chi connectivity index (χ4n) is 3.53. The van der Waals surface area contributed by atoms with Crippen LogP contribution < -0.4 is 0 Å². The Bertz CT molecular complexity index is 1010. The van der Waals surface area contributed by atoms with Crippen LogP contribution in [0.15, 0.2) is 114 Å². The quantitative estimate of drug-likeness (QED) is 0.338. The monoisotopic (exact) mass is 361 g/mol. The number of benzene rings is 4. The summed E-state index contributed by atoms with van der Waals surface area (Å²) in [5, 5.41) is 0. The lowest BCUT2D eigenvalue weighted by atomic mass is 9.89. The van der Waals surface area contributed by atoms with Gasteiger partial charge in [0.1, 0.15) is 0 Å². The summed E-state index contributed by atoms with van der Waals surface area (Å²) in [6.45, 7) is 2.81. The maximum Gasteiger partial charge on any atom is 0.0643 e. The second-order valence-electron chi connectivity index (χ2n) is 6.85. The molecule has 0 saturated heterocycles. The Labute approximate surface area is 167 Å². The first kappa shape index (κ1) is 17.9. The third kappa shape index (κ3) is 3.94. The van der Waals surface area contributed by atoms with Gasteiger partial charge in [-0.25, -0.2) is 0 Å². The zero-order valence-electron chi connectivity index (χ0n) is 16.0. The van der Waals surface area contributed by atoms with Crippen LogP contribution in [0.1, 0.15) is 18.1 Å². The number of nitrogens with zero attached hydrogens (tertiary/aromatic N) is 1. The predicted molar refractivity (Wildman–Crippen MR) is 120 cm³/mol. The molecule has 0 spiro atoms. The summed E-state index contributed by atoms with van der Waals surface area (Å²) in [6, 6.07) is 38.1. The normalized spacial score (nSPS) is 11.4. The largest absolute Gasteiger partial charge is 0.285 e. The highest BCUT2D eigenvalue weighted by molar-refractivity contribution is 6.09. The van der Waals surface area contributed by atoms with Crippen LogP contribution in [0.25, 0.3) is 22.3 Å². The average Bonchev–Trinajstić information content (AvgIpc) is 2.79. The first-order chi connectivity index (χ1) is 13.8. The van der Waals surface area contributed by atoms with E-state index in [1.807, 2.05) is 6.07 Å². The summed E-state index contributed by atoms with van der Waals surface area (Å²) in [5.74, 6) is 0. The maximum absolute atomic E-state index is 4.95. The molecule has 0 aliphatic rings. The first-order valence-corrected chi connectivity index (χ1v) is 9.62. The van der Waals surface area contributed by atoms with Gasteiger partial charge in [0.25, 0.3) is 0 Å². The van der Waals surface area contributed by atoms with E-state index < -0.39 is 0 Å². The molecule has 0 atom stereocenters. The van der Waals surface area contributed by atoms with Crippen molar-refractivity contribution in [3.63, 3.8) is 0 Å². The van der Waals surface area contributed by atoms with Crippen molar-refractivity contribution < 1.29 is 0 Å². The molecule has 4 aromatic carbocycles. The second kappa shape index (κ2) is 8.49. The second-order valence-corrected chi connectivity index (χ2v) is 6.85. The molecule has 0 saturated carbocycles. The Hall–Kier alpha value is -3.45. The average molecular weight is 361 g/mol. The fourth-order valence-corrected chi connectivity index (χ4v) is 3.53. The van der Waals surface area contributed by atoms with Gasteiger partial charge in [0.2, 0.25) is 0 Å². The minimum Gasteiger partial charge on any atom is -0.285 e. The van der Waals surface area contributed by atoms with E-state index >= 15 is 0 Å². The molecule has 136 valence electrons. The lowest BCUT2D eigenvalue weighted by Crippen LogP contribution is -2.02. The minimum atomic E-state index is 0.685. The van der Waals surface area contributed by atoms with Crippen molar-refractivity contribution in [3.05, 3.63) is 120 Å². The topological polar surface area (TPSA) is 12.4 Å². The molecule has 0 bridgehead atoms. The highest BCUT2D eigenvalue weighted by Crippen LogP contribution is 2.33. The van der Waals surface area contributed by atoms with E-state index in [1.165, 1.54) is 33.4 Å². The van der Waals surface area contributed by atoms with Gasteiger partial charge in [0.05, 0.1) is 6.54 Å². The first-order valence-electron chi connectivity index (χ1n) is 9.62. The number of aliphatic imine (C=N–C) groups is 1. The van der Waals surface area contributed by atoms with Crippen molar-refractivity contribution in [2.75, 3.05) is 0 Å². The fraction of sp³-hybridized carbons (Fsp3) is 0.0741. The van der Waals surface area contributed by atoms with Crippen LogP contribution in [0.4, 0.5) is 0 Å². The molecule has 0 N–H and O–H groups in total. The van der Waals surface area contributed by atoms with Crippen LogP contribution in [0.2, 0.25) is 0 Å². The Morgan fingerprint density at radius 3 is 1.54 bits per heavy atom. The molecule has 0 unspecified atom stereocenters. The molecule has 0 fully saturated rings. The Kier molecular flexibility index (Phi) is 5.44. The van der Waals surface area contributed by atoms with E-state index in [0.29, 0.717) is 6.54 Å². The van der Waals surface area contributed by atoms with Crippen molar-refractivity contribution in [1.29, 1.82) is 0 Å². The standard InChI is InChI=1S/C27H23N/c1-21(28-20-22-12-5-2-6-13-22)27-25(23-14-7-3-8-15-23)18-11-19-26(27)24-16-9-4-10-17-24/h2-19H,20H2,1H3. The summed E-state index contributed by atoms with van der Waals surface area (Å²) < 4.78 is 0. The molecule has 0 aliphatic heterocycles. The van der Waals surface area contributed by atoms with E-state index in [1.54, 1.807) is 0 Å². The van der Waals surface area contributed by atoms with Crippen LogP contribution in [-0.2, 0) is 6.54 Å². The predicted octanol–water partition coefficient (Wildman–Crippen LogP) is 7.03. The third-order valence-corrected chi connectivity index (χ3v) is 4.94. The van der Waals surface area contributed by atoms with E-state index in [2.05, 4.69) is 110 Å². The van der Waals surface area contributed by atoms with Gasteiger partial charge >= 0.3 is 0 Å². The van der Waals surface area contributed by atoms with Gasteiger partial charge in [-0.05, 0) is 34.7 Å². The lowest BCUT2D eigenvalue weighted by molar-refractivity contribution is 1.07. The summed E-state index contributed by atoms with van der Waals surface area (Å²) in [4.78, 5) is 4.95. The van der Waals surface area contributed by atoms with Crippen molar-refractivity contribution in [2.45, 2.75) is 13.5 Å². The summed E-state index contributed by atoms with van der Waals surface area (Å²) in [6.07, 6.45) is 0. The van der Waals surface area contributed by atoms with E-state index in [-0.39, 0.29) is 0 Å². The third-order valence-electron chi connectivity index (χ3n) is 4.94. The van der Waals surface area contributed by atoms with E-state index in [4.69, 9.17) is 4.99 Å². The van der Waals surface area contributed by atoms with Crippen molar-refractivity contribution in [2.24, 2.45) is 4.99 Å².